The highest BCUT2D eigenvalue weighted by atomic mass is 16.5. The van der Waals surface area contributed by atoms with Gasteiger partial charge in [-0.1, -0.05) is 43.3 Å². The average molecular weight is 441 g/mol. The second-order valence-electron chi connectivity index (χ2n) is 8.46. The van der Waals surface area contributed by atoms with E-state index in [0.29, 0.717) is 32.7 Å². The summed E-state index contributed by atoms with van der Waals surface area (Å²) in [5.74, 6) is 0.943. The number of benzene rings is 2. The van der Waals surface area contributed by atoms with E-state index in [9.17, 15) is 4.79 Å². The van der Waals surface area contributed by atoms with Gasteiger partial charge in [0.15, 0.2) is 5.78 Å². The third-order valence-corrected chi connectivity index (χ3v) is 6.31. The molecule has 0 aromatic heterocycles. The largest absolute Gasteiger partial charge is 0.491 e. The number of rotatable bonds is 11. The maximum Gasteiger partial charge on any atom is 0.183 e. The molecule has 3 rings (SSSR count). The van der Waals surface area contributed by atoms with Crippen LogP contribution in [0, 0.1) is 0 Å². The van der Waals surface area contributed by atoms with E-state index in [0.717, 1.165) is 35.5 Å². The Morgan fingerprint density at radius 3 is 2.41 bits per heavy atom. The van der Waals surface area contributed by atoms with Crippen LogP contribution < -0.4 is 10.1 Å². The Morgan fingerprint density at radius 2 is 1.84 bits per heavy atom. The van der Waals surface area contributed by atoms with Crippen LogP contribution in [0.15, 0.2) is 48.5 Å². The van der Waals surface area contributed by atoms with Crippen LogP contribution in [0.5, 0.6) is 5.75 Å². The van der Waals surface area contributed by atoms with Crippen molar-refractivity contribution in [2.24, 2.45) is 0 Å². The standard InChI is InChI=1S/C26H36N2O4/c1-5-26(28(2)3,18-20-6-12-23(13-7-20)31-17-16-30-4)25(29)22-10-8-21(9-11-22)24-19-27-14-15-32-24/h6-13,24,27H,5,14-19H2,1-4H3. The van der Waals surface area contributed by atoms with E-state index >= 15 is 0 Å². The molecule has 174 valence electrons. The maximum absolute atomic E-state index is 13.7. The zero-order valence-electron chi connectivity index (χ0n) is 19.7. The Kier molecular flexibility index (Phi) is 8.82. The first-order valence-electron chi connectivity index (χ1n) is 11.4. The number of nitrogens with one attached hydrogen (secondary N) is 1. The van der Waals surface area contributed by atoms with Crippen molar-refractivity contribution in [3.05, 3.63) is 65.2 Å². The van der Waals surface area contributed by atoms with Crippen LogP contribution in [-0.4, -0.2) is 70.3 Å². The number of ketones is 1. The van der Waals surface area contributed by atoms with Gasteiger partial charge in [0.05, 0.1) is 24.9 Å². The Bertz CT molecular complexity index is 845. The maximum atomic E-state index is 13.7. The Balaban J connectivity index is 1.76. The summed E-state index contributed by atoms with van der Waals surface area (Å²) in [4.78, 5) is 15.8. The van der Waals surface area contributed by atoms with Gasteiger partial charge < -0.3 is 19.5 Å². The molecule has 0 bridgehead atoms. The van der Waals surface area contributed by atoms with Crippen molar-refractivity contribution in [3.8, 4) is 5.75 Å². The van der Waals surface area contributed by atoms with Crippen molar-refractivity contribution >= 4 is 5.78 Å². The van der Waals surface area contributed by atoms with Crippen molar-refractivity contribution in [2.75, 3.05) is 54.1 Å². The van der Waals surface area contributed by atoms with Gasteiger partial charge in [0.1, 0.15) is 12.4 Å². The lowest BCUT2D eigenvalue weighted by Crippen LogP contribution is -2.52. The molecule has 1 fully saturated rings. The number of methoxy groups -OCH3 is 1. The molecule has 6 nitrogen and oxygen atoms in total. The molecule has 6 heteroatoms. The van der Waals surface area contributed by atoms with Crippen LogP contribution in [0.4, 0.5) is 0 Å². The van der Waals surface area contributed by atoms with Crippen LogP contribution in [0.3, 0.4) is 0 Å². The van der Waals surface area contributed by atoms with Crippen LogP contribution in [0.2, 0.25) is 0 Å². The highest BCUT2D eigenvalue weighted by molar-refractivity contribution is 6.03. The van der Waals surface area contributed by atoms with Gasteiger partial charge in [0, 0.05) is 25.8 Å². The van der Waals surface area contributed by atoms with Crippen LogP contribution in [0.1, 0.15) is 40.9 Å². The smallest absolute Gasteiger partial charge is 0.183 e. The molecule has 0 spiro atoms. The minimum atomic E-state index is -0.622. The summed E-state index contributed by atoms with van der Waals surface area (Å²) < 4.78 is 16.5. The number of hydrogen-bond acceptors (Lipinski definition) is 6. The predicted octanol–water partition coefficient (Wildman–Crippen LogP) is 3.51. The second kappa shape index (κ2) is 11.6. The summed E-state index contributed by atoms with van der Waals surface area (Å²) in [5, 5.41) is 3.35. The van der Waals surface area contributed by atoms with Gasteiger partial charge in [-0.15, -0.1) is 0 Å². The van der Waals surface area contributed by atoms with Crippen molar-refractivity contribution in [3.63, 3.8) is 0 Å². The van der Waals surface area contributed by atoms with Crippen molar-refractivity contribution in [2.45, 2.75) is 31.4 Å². The van der Waals surface area contributed by atoms with Gasteiger partial charge >= 0.3 is 0 Å². The number of nitrogens with zero attached hydrogens (tertiary/aromatic N) is 1. The first-order chi connectivity index (χ1) is 15.5. The van der Waals surface area contributed by atoms with E-state index in [1.165, 1.54) is 0 Å². The van der Waals surface area contributed by atoms with Crippen molar-refractivity contribution < 1.29 is 19.0 Å². The molecule has 0 aliphatic carbocycles. The van der Waals surface area contributed by atoms with Gasteiger partial charge in [-0.05, 0) is 50.2 Å². The molecular weight excluding hydrogens is 404 g/mol. The number of carbonyl (C=O) groups is 1. The molecule has 32 heavy (non-hydrogen) atoms. The van der Waals surface area contributed by atoms with E-state index in [1.54, 1.807) is 7.11 Å². The Hall–Kier alpha value is -2.25. The molecule has 0 saturated carbocycles. The van der Waals surface area contributed by atoms with Gasteiger partial charge in [-0.25, -0.2) is 0 Å². The average Bonchev–Trinajstić information content (AvgIpc) is 2.84. The first-order valence-corrected chi connectivity index (χ1v) is 11.4. The Labute approximate surface area is 191 Å². The molecule has 2 unspecified atom stereocenters. The van der Waals surface area contributed by atoms with E-state index in [2.05, 4.69) is 17.1 Å². The van der Waals surface area contributed by atoms with Gasteiger partial charge in [0.2, 0.25) is 0 Å². The highest BCUT2D eigenvalue weighted by Gasteiger charge is 2.39. The summed E-state index contributed by atoms with van der Waals surface area (Å²) in [6.45, 7) is 5.54. The third kappa shape index (κ3) is 5.75. The van der Waals surface area contributed by atoms with Gasteiger partial charge in [0.25, 0.3) is 0 Å². The fraction of sp³-hybridized carbons (Fsp3) is 0.500. The normalized spacial score (nSPS) is 18.3. The molecule has 0 amide bonds. The van der Waals surface area contributed by atoms with Gasteiger partial charge in [-0.3, -0.25) is 9.69 Å². The molecular formula is C26H36N2O4. The number of carbonyl (C=O) groups excluding carboxylic acids is 1. The van der Waals surface area contributed by atoms with Crippen LogP contribution >= 0.6 is 0 Å². The SMILES string of the molecule is CCC(Cc1ccc(OCCOC)cc1)(C(=O)c1ccc(C2CNCCO2)cc1)N(C)C. The molecule has 2 atom stereocenters. The minimum Gasteiger partial charge on any atom is -0.491 e. The number of ether oxygens (including phenoxy) is 3. The monoisotopic (exact) mass is 440 g/mol. The fourth-order valence-electron chi connectivity index (χ4n) is 4.22. The summed E-state index contributed by atoms with van der Waals surface area (Å²) in [6.07, 6.45) is 1.38. The summed E-state index contributed by atoms with van der Waals surface area (Å²) in [7, 11) is 5.63. The molecule has 1 heterocycles. The quantitative estimate of drug-likeness (QED) is 0.426. The van der Waals surface area contributed by atoms with Crippen molar-refractivity contribution in [1.29, 1.82) is 0 Å². The number of hydrogen-bond donors (Lipinski definition) is 1. The number of Topliss-reactive ketones (excluding diaryl/α,β-unsaturated/α-hetero) is 1. The lowest BCUT2D eigenvalue weighted by molar-refractivity contribution is 0.0277. The van der Waals surface area contributed by atoms with E-state index in [-0.39, 0.29) is 11.9 Å². The zero-order chi connectivity index (χ0) is 23.0. The molecule has 1 N–H and O–H groups in total. The topological polar surface area (TPSA) is 60.0 Å². The lowest BCUT2D eigenvalue weighted by Gasteiger charge is -2.38. The molecule has 1 aliphatic rings. The fourth-order valence-corrected chi connectivity index (χ4v) is 4.22. The van der Waals surface area contributed by atoms with E-state index in [4.69, 9.17) is 14.2 Å². The summed E-state index contributed by atoms with van der Waals surface area (Å²) in [5.41, 5.74) is 2.31. The Morgan fingerprint density at radius 1 is 1.12 bits per heavy atom. The molecule has 2 aromatic carbocycles. The van der Waals surface area contributed by atoms with E-state index < -0.39 is 5.54 Å². The van der Waals surface area contributed by atoms with Crippen LogP contribution in [0.25, 0.3) is 0 Å². The highest BCUT2D eigenvalue weighted by Crippen LogP contribution is 2.29. The van der Waals surface area contributed by atoms with Crippen molar-refractivity contribution in [1.82, 2.24) is 10.2 Å². The second-order valence-corrected chi connectivity index (χ2v) is 8.46. The molecule has 0 radical (unpaired) electrons. The van der Waals surface area contributed by atoms with E-state index in [1.807, 2.05) is 62.6 Å². The zero-order valence-corrected chi connectivity index (χ0v) is 19.7. The minimum absolute atomic E-state index is 0.0438. The molecule has 2 aromatic rings. The van der Waals surface area contributed by atoms with Crippen LogP contribution in [-0.2, 0) is 15.9 Å². The summed E-state index contributed by atoms with van der Waals surface area (Å²) >= 11 is 0. The molecule has 1 aliphatic heterocycles. The lowest BCUT2D eigenvalue weighted by atomic mass is 9.80. The third-order valence-electron chi connectivity index (χ3n) is 6.31. The predicted molar refractivity (Wildman–Crippen MR) is 127 cm³/mol. The molecule has 1 saturated heterocycles. The van der Waals surface area contributed by atoms with Gasteiger partial charge in [-0.2, -0.15) is 0 Å². The summed E-state index contributed by atoms with van der Waals surface area (Å²) in [6, 6.07) is 15.9. The number of likely N-dealkylation sites (N-methyl/N-ethyl adjacent to an activating group) is 1. The first kappa shape index (κ1) is 24.4. The number of morpholine rings is 1.